The maximum atomic E-state index is 13.2. The highest BCUT2D eigenvalue weighted by atomic mass is 16.5. The first-order valence-electron chi connectivity index (χ1n) is 10.1. The summed E-state index contributed by atoms with van der Waals surface area (Å²) >= 11 is 0. The Morgan fingerprint density at radius 2 is 1.87 bits per heavy atom. The molecule has 0 spiro atoms. The molecule has 0 radical (unpaired) electrons. The summed E-state index contributed by atoms with van der Waals surface area (Å²) in [6.07, 6.45) is 9.15. The van der Waals surface area contributed by atoms with Crippen molar-refractivity contribution in [1.29, 1.82) is 0 Å². The highest BCUT2D eigenvalue weighted by Crippen LogP contribution is 2.29. The fourth-order valence-electron chi connectivity index (χ4n) is 3.44. The van der Waals surface area contributed by atoms with Crippen molar-refractivity contribution >= 4 is 17.2 Å². The van der Waals surface area contributed by atoms with Gasteiger partial charge < -0.3 is 15.2 Å². The van der Waals surface area contributed by atoms with Crippen molar-refractivity contribution in [1.82, 2.24) is 9.97 Å². The van der Waals surface area contributed by atoms with Gasteiger partial charge in [0, 0.05) is 24.2 Å². The summed E-state index contributed by atoms with van der Waals surface area (Å²) in [5.74, 6) is -0.277. The zero-order chi connectivity index (χ0) is 21.5. The summed E-state index contributed by atoms with van der Waals surface area (Å²) in [6.45, 7) is 0.148. The Kier molecular flexibility index (Phi) is 6.62. The number of ether oxygens (including phenoxy) is 1. The van der Waals surface area contributed by atoms with E-state index in [-0.39, 0.29) is 18.6 Å². The predicted molar refractivity (Wildman–Crippen MR) is 119 cm³/mol. The van der Waals surface area contributed by atoms with E-state index < -0.39 is 0 Å². The first-order valence-corrected chi connectivity index (χ1v) is 10.1. The average molecular weight is 413 g/mol. The maximum absolute atomic E-state index is 13.2. The van der Waals surface area contributed by atoms with Gasteiger partial charge in [0.05, 0.1) is 30.7 Å². The normalized spacial score (nSPS) is 15.7. The number of anilines is 1. The van der Waals surface area contributed by atoms with Crippen LogP contribution in [0.25, 0.3) is 5.57 Å². The van der Waals surface area contributed by atoms with Crippen molar-refractivity contribution in [2.24, 2.45) is 0 Å². The molecule has 0 bridgehead atoms. The zero-order valence-corrected chi connectivity index (χ0v) is 16.9. The summed E-state index contributed by atoms with van der Waals surface area (Å²) in [6, 6.07) is 17.1. The van der Waals surface area contributed by atoms with Gasteiger partial charge in [0.15, 0.2) is 0 Å². The lowest BCUT2D eigenvalue weighted by molar-refractivity contribution is -0.114. The number of rotatable bonds is 7. The van der Waals surface area contributed by atoms with Crippen LogP contribution < -0.4 is 5.32 Å². The van der Waals surface area contributed by atoms with Gasteiger partial charge in [0.1, 0.15) is 0 Å². The summed E-state index contributed by atoms with van der Waals surface area (Å²) in [4.78, 5) is 21.4. The third kappa shape index (κ3) is 5.12. The SMILES string of the molecule is O=C(Nc1cccnc1CO)C1=CC(c2ccncc2)=CCC1OCc1ccccc1. The first kappa shape index (κ1) is 20.7. The van der Waals surface area contributed by atoms with Crippen LogP contribution in [-0.4, -0.2) is 27.1 Å². The summed E-state index contributed by atoms with van der Waals surface area (Å²) in [5, 5.41) is 12.4. The van der Waals surface area contributed by atoms with Crippen LogP contribution in [0.15, 0.2) is 90.9 Å². The van der Waals surface area contributed by atoms with Gasteiger partial charge in [0.25, 0.3) is 5.91 Å². The monoisotopic (exact) mass is 413 g/mol. The number of nitrogens with zero attached hydrogens (tertiary/aromatic N) is 2. The van der Waals surface area contributed by atoms with E-state index in [2.05, 4.69) is 21.4 Å². The number of benzene rings is 1. The molecule has 2 aromatic heterocycles. The molecule has 1 amide bonds. The van der Waals surface area contributed by atoms with Gasteiger partial charge >= 0.3 is 0 Å². The minimum absolute atomic E-state index is 0.258. The molecule has 4 rings (SSSR count). The lowest BCUT2D eigenvalue weighted by atomic mass is 9.92. The Morgan fingerprint density at radius 1 is 1.06 bits per heavy atom. The predicted octanol–water partition coefficient (Wildman–Crippen LogP) is 3.91. The third-order valence-corrected chi connectivity index (χ3v) is 5.07. The van der Waals surface area contributed by atoms with Gasteiger partial charge in [-0.15, -0.1) is 0 Å². The van der Waals surface area contributed by atoms with E-state index in [0.29, 0.717) is 30.0 Å². The highest BCUT2D eigenvalue weighted by Gasteiger charge is 2.26. The highest BCUT2D eigenvalue weighted by molar-refractivity contribution is 6.07. The topological polar surface area (TPSA) is 84.3 Å². The molecule has 0 aliphatic heterocycles. The number of aliphatic hydroxyl groups excluding tert-OH is 1. The van der Waals surface area contributed by atoms with Gasteiger partial charge in [-0.05, 0) is 53.5 Å². The number of carbonyl (C=O) groups excluding carboxylic acids is 1. The molecule has 0 fully saturated rings. The van der Waals surface area contributed by atoms with E-state index in [1.807, 2.05) is 48.5 Å². The standard InChI is InChI=1S/C25H23N3O3/c29-16-23-22(7-4-12-27-23)28-25(30)21-15-20(19-10-13-26-14-11-19)8-9-24(21)31-17-18-5-2-1-3-6-18/h1-8,10-15,24,29H,9,16-17H2,(H,28,30). The fraction of sp³-hybridized carbons (Fsp3) is 0.160. The number of pyridine rings is 2. The number of hydrogen-bond acceptors (Lipinski definition) is 5. The van der Waals surface area contributed by atoms with Crippen LogP contribution in [0.4, 0.5) is 5.69 Å². The second kappa shape index (κ2) is 9.93. The van der Waals surface area contributed by atoms with Crippen LogP contribution >= 0.6 is 0 Å². The fourth-order valence-corrected chi connectivity index (χ4v) is 3.44. The molecule has 1 atom stereocenters. The van der Waals surface area contributed by atoms with Gasteiger partial charge in [-0.1, -0.05) is 36.4 Å². The second-order valence-electron chi connectivity index (χ2n) is 7.13. The van der Waals surface area contributed by atoms with Gasteiger partial charge in [0.2, 0.25) is 0 Å². The molecule has 156 valence electrons. The second-order valence-corrected chi connectivity index (χ2v) is 7.13. The molecule has 2 N–H and O–H groups in total. The molecule has 6 heteroatoms. The van der Waals surface area contributed by atoms with Crippen LogP contribution in [-0.2, 0) is 22.7 Å². The van der Waals surface area contributed by atoms with Crippen molar-refractivity contribution in [2.45, 2.75) is 25.7 Å². The van der Waals surface area contributed by atoms with Crippen molar-refractivity contribution in [2.75, 3.05) is 5.32 Å². The van der Waals surface area contributed by atoms with Crippen molar-refractivity contribution in [3.8, 4) is 0 Å². The van der Waals surface area contributed by atoms with Gasteiger partial charge in [-0.3, -0.25) is 14.8 Å². The summed E-state index contributed by atoms with van der Waals surface area (Å²) in [5.41, 5.74) is 4.40. The van der Waals surface area contributed by atoms with Gasteiger partial charge in [-0.25, -0.2) is 0 Å². The quantitative estimate of drug-likeness (QED) is 0.614. The number of nitrogens with one attached hydrogen (secondary N) is 1. The van der Waals surface area contributed by atoms with Crippen molar-refractivity contribution < 1.29 is 14.6 Å². The minimum Gasteiger partial charge on any atom is -0.390 e. The molecule has 1 aliphatic carbocycles. The van der Waals surface area contributed by atoms with Crippen LogP contribution in [0.3, 0.4) is 0 Å². The maximum Gasteiger partial charge on any atom is 0.254 e. The first-order chi connectivity index (χ1) is 15.2. The molecule has 1 aromatic carbocycles. The molecule has 3 aromatic rings. The molecule has 31 heavy (non-hydrogen) atoms. The van der Waals surface area contributed by atoms with Crippen molar-refractivity contribution in [3.63, 3.8) is 0 Å². The molecular formula is C25H23N3O3. The molecule has 6 nitrogen and oxygen atoms in total. The Hall–Kier alpha value is -3.61. The summed E-state index contributed by atoms with van der Waals surface area (Å²) < 4.78 is 6.13. The largest absolute Gasteiger partial charge is 0.390 e. The molecular weight excluding hydrogens is 390 g/mol. The van der Waals surface area contributed by atoms with E-state index in [0.717, 1.165) is 16.7 Å². The van der Waals surface area contributed by atoms with Crippen LogP contribution in [0, 0.1) is 0 Å². The lowest BCUT2D eigenvalue weighted by Gasteiger charge is -2.24. The molecule has 1 aliphatic rings. The number of carbonyl (C=O) groups is 1. The molecule has 0 saturated carbocycles. The van der Waals surface area contributed by atoms with E-state index in [1.165, 1.54) is 0 Å². The minimum atomic E-state index is -0.389. The van der Waals surface area contributed by atoms with E-state index in [1.54, 1.807) is 30.7 Å². The number of aromatic nitrogens is 2. The smallest absolute Gasteiger partial charge is 0.254 e. The number of hydrogen-bond donors (Lipinski definition) is 2. The van der Waals surface area contributed by atoms with E-state index in [9.17, 15) is 9.90 Å². The number of aliphatic hydroxyl groups is 1. The zero-order valence-electron chi connectivity index (χ0n) is 16.9. The lowest BCUT2D eigenvalue weighted by Crippen LogP contribution is -2.28. The average Bonchev–Trinajstić information content (AvgIpc) is 2.84. The molecule has 0 saturated heterocycles. The van der Waals surface area contributed by atoms with Gasteiger partial charge in [-0.2, -0.15) is 0 Å². The Bertz CT molecular complexity index is 1100. The molecule has 1 unspecified atom stereocenters. The molecule has 2 heterocycles. The number of amides is 1. The van der Waals surface area contributed by atoms with Crippen LogP contribution in [0.1, 0.15) is 23.2 Å². The van der Waals surface area contributed by atoms with Crippen molar-refractivity contribution in [3.05, 3.63) is 108 Å². The number of allylic oxidation sites excluding steroid dienone is 2. The van der Waals surface area contributed by atoms with Crippen LogP contribution in [0.2, 0.25) is 0 Å². The summed E-state index contributed by atoms with van der Waals surface area (Å²) in [7, 11) is 0. The Morgan fingerprint density at radius 3 is 2.65 bits per heavy atom. The Labute approximate surface area is 181 Å². The third-order valence-electron chi connectivity index (χ3n) is 5.07. The van der Waals surface area contributed by atoms with Crippen LogP contribution in [0.5, 0.6) is 0 Å². The van der Waals surface area contributed by atoms with E-state index in [4.69, 9.17) is 4.74 Å². The van der Waals surface area contributed by atoms with E-state index >= 15 is 0 Å². The Balaban J connectivity index is 1.59.